The molecule has 0 amide bonds. The van der Waals surface area contributed by atoms with Gasteiger partial charge in [0, 0.05) is 30.6 Å². The standard InChI is InChI=1S/C11H19N3OS/c1-2-3-7-15-8-6-12-11-13-10(14-16-11)9-4-5-9/h9H,2-8H2,1H3,(H,12,13,14). The Bertz CT molecular complexity index is 312. The molecule has 1 heterocycles. The highest BCUT2D eigenvalue weighted by Gasteiger charge is 2.27. The van der Waals surface area contributed by atoms with Crippen molar-refractivity contribution in [2.75, 3.05) is 25.1 Å². The molecule has 0 aliphatic heterocycles. The lowest BCUT2D eigenvalue weighted by Crippen LogP contribution is -2.09. The van der Waals surface area contributed by atoms with E-state index in [1.165, 1.54) is 30.8 Å². The van der Waals surface area contributed by atoms with E-state index in [1.54, 1.807) is 0 Å². The monoisotopic (exact) mass is 241 g/mol. The first-order chi connectivity index (χ1) is 7.90. The normalized spacial score (nSPS) is 15.3. The van der Waals surface area contributed by atoms with Crippen LogP contribution in [0, 0.1) is 0 Å². The average Bonchev–Trinajstić information content (AvgIpc) is 3.04. The van der Waals surface area contributed by atoms with Gasteiger partial charge in [0.05, 0.1) is 6.61 Å². The smallest absolute Gasteiger partial charge is 0.202 e. The van der Waals surface area contributed by atoms with E-state index in [4.69, 9.17) is 4.74 Å². The molecule has 0 spiro atoms. The minimum atomic E-state index is 0.646. The van der Waals surface area contributed by atoms with E-state index in [-0.39, 0.29) is 0 Å². The molecule has 5 heteroatoms. The topological polar surface area (TPSA) is 47.0 Å². The van der Waals surface area contributed by atoms with Crippen molar-refractivity contribution in [3.05, 3.63) is 5.82 Å². The number of ether oxygens (including phenoxy) is 1. The predicted molar refractivity (Wildman–Crippen MR) is 66.1 cm³/mol. The highest BCUT2D eigenvalue weighted by Crippen LogP contribution is 2.39. The molecular weight excluding hydrogens is 222 g/mol. The molecule has 0 unspecified atom stereocenters. The summed E-state index contributed by atoms with van der Waals surface area (Å²) in [5.74, 6) is 1.67. The molecule has 1 fully saturated rings. The Labute approximate surface area is 101 Å². The SMILES string of the molecule is CCCCOCCNc1nc(C2CC2)ns1. The number of anilines is 1. The lowest BCUT2D eigenvalue weighted by Gasteiger charge is -2.03. The lowest BCUT2D eigenvalue weighted by molar-refractivity contribution is 0.141. The van der Waals surface area contributed by atoms with Gasteiger partial charge in [0.15, 0.2) is 0 Å². The Morgan fingerprint density at radius 2 is 2.31 bits per heavy atom. The van der Waals surface area contributed by atoms with E-state index in [0.717, 1.165) is 37.1 Å². The van der Waals surface area contributed by atoms with Gasteiger partial charge in [-0.15, -0.1) is 0 Å². The first-order valence-electron chi connectivity index (χ1n) is 6.05. The molecule has 1 saturated carbocycles. The van der Waals surface area contributed by atoms with Gasteiger partial charge in [-0.25, -0.2) is 4.98 Å². The van der Waals surface area contributed by atoms with Crippen LogP contribution >= 0.6 is 11.5 Å². The van der Waals surface area contributed by atoms with Crippen molar-refractivity contribution in [3.8, 4) is 0 Å². The van der Waals surface area contributed by atoms with Crippen LogP contribution in [0.15, 0.2) is 0 Å². The first kappa shape index (κ1) is 11.8. The van der Waals surface area contributed by atoms with Crippen LogP contribution in [0.3, 0.4) is 0 Å². The van der Waals surface area contributed by atoms with Crippen LogP contribution in [0.5, 0.6) is 0 Å². The molecule has 90 valence electrons. The Morgan fingerprint density at radius 3 is 3.06 bits per heavy atom. The number of rotatable bonds is 8. The number of unbranched alkanes of at least 4 members (excludes halogenated alkanes) is 1. The fraction of sp³-hybridized carbons (Fsp3) is 0.818. The third-order valence-electron chi connectivity index (χ3n) is 2.55. The maximum absolute atomic E-state index is 5.46. The summed E-state index contributed by atoms with van der Waals surface area (Å²) in [7, 11) is 0. The zero-order chi connectivity index (χ0) is 11.2. The van der Waals surface area contributed by atoms with Crippen LogP contribution in [0.2, 0.25) is 0 Å². The summed E-state index contributed by atoms with van der Waals surface area (Å²) in [6.07, 6.45) is 4.85. The van der Waals surface area contributed by atoms with Crippen molar-refractivity contribution in [3.63, 3.8) is 0 Å². The Balaban J connectivity index is 1.57. The summed E-state index contributed by atoms with van der Waals surface area (Å²) < 4.78 is 9.79. The third-order valence-corrected chi connectivity index (χ3v) is 3.24. The maximum Gasteiger partial charge on any atom is 0.202 e. The molecule has 0 radical (unpaired) electrons. The molecule has 1 N–H and O–H groups in total. The fourth-order valence-corrected chi connectivity index (χ4v) is 2.06. The van der Waals surface area contributed by atoms with Crippen LogP contribution < -0.4 is 5.32 Å². The number of nitrogens with zero attached hydrogens (tertiary/aromatic N) is 2. The van der Waals surface area contributed by atoms with Gasteiger partial charge in [0.2, 0.25) is 5.13 Å². The number of aromatic nitrogens is 2. The van der Waals surface area contributed by atoms with Crippen molar-refractivity contribution in [2.45, 2.75) is 38.5 Å². The molecule has 2 rings (SSSR count). The summed E-state index contributed by atoms with van der Waals surface area (Å²) in [6.45, 7) is 4.60. The van der Waals surface area contributed by atoms with E-state index in [0.29, 0.717) is 5.92 Å². The van der Waals surface area contributed by atoms with E-state index in [9.17, 15) is 0 Å². The summed E-state index contributed by atoms with van der Waals surface area (Å²) in [5.41, 5.74) is 0. The highest BCUT2D eigenvalue weighted by molar-refractivity contribution is 7.09. The van der Waals surface area contributed by atoms with Crippen molar-refractivity contribution in [1.29, 1.82) is 0 Å². The van der Waals surface area contributed by atoms with Crippen molar-refractivity contribution >= 4 is 16.7 Å². The van der Waals surface area contributed by atoms with Gasteiger partial charge in [0.25, 0.3) is 0 Å². The Hall–Kier alpha value is -0.680. The zero-order valence-corrected chi connectivity index (χ0v) is 10.6. The van der Waals surface area contributed by atoms with Gasteiger partial charge in [-0.3, -0.25) is 0 Å². The summed E-state index contributed by atoms with van der Waals surface area (Å²) in [4.78, 5) is 4.45. The van der Waals surface area contributed by atoms with Gasteiger partial charge in [-0.2, -0.15) is 4.37 Å². The second-order valence-electron chi connectivity index (χ2n) is 4.12. The maximum atomic E-state index is 5.46. The van der Waals surface area contributed by atoms with E-state index >= 15 is 0 Å². The van der Waals surface area contributed by atoms with Crippen molar-refractivity contribution in [1.82, 2.24) is 9.36 Å². The number of hydrogen-bond donors (Lipinski definition) is 1. The molecule has 1 aromatic heterocycles. The van der Waals surface area contributed by atoms with Crippen LogP contribution in [0.4, 0.5) is 5.13 Å². The summed E-state index contributed by atoms with van der Waals surface area (Å²) in [5, 5.41) is 4.18. The molecule has 1 aliphatic rings. The quantitative estimate of drug-likeness (QED) is 0.711. The van der Waals surface area contributed by atoms with Crippen LogP contribution in [0.25, 0.3) is 0 Å². The van der Waals surface area contributed by atoms with E-state index in [2.05, 4.69) is 21.6 Å². The molecule has 4 nitrogen and oxygen atoms in total. The Morgan fingerprint density at radius 1 is 1.44 bits per heavy atom. The third kappa shape index (κ3) is 3.72. The molecule has 0 bridgehead atoms. The summed E-state index contributed by atoms with van der Waals surface area (Å²) in [6, 6.07) is 0. The number of nitrogens with one attached hydrogen (secondary N) is 1. The van der Waals surface area contributed by atoms with E-state index < -0.39 is 0 Å². The number of hydrogen-bond acceptors (Lipinski definition) is 5. The molecule has 1 aliphatic carbocycles. The van der Waals surface area contributed by atoms with Crippen molar-refractivity contribution in [2.24, 2.45) is 0 Å². The second-order valence-corrected chi connectivity index (χ2v) is 4.88. The molecule has 16 heavy (non-hydrogen) atoms. The van der Waals surface area contributed by atoms with Gasteiger partial charge >= 0.3 is 0 Å². The molecule has 0 atom stereocenters. The van der Waals surface area contributed by atoms with Gasteiger partial charge in [-0.05, 0) is 19.3 Å². The lowest BCUT2D eigenvalue weighted by atomic mass is 10.4. The largest absolute Gasteiger partial charge is 0.380 e. The van der Waals surface area contributed by atoms with Crippen LogP contribution in [0.1, 0.15) is 44.3 Å². The molecule has 0 saturated heterocycles. The second kappa shape index (κ2) is 6.15. The summed E-state index contributed by atoms with van der Waals surface area (Å²) >= 11 is 1.46. The molecule has 1 aromatic rings. The van der Waals surface area contributed by atoms with Gasteiger partial charge in [0.1, 0.15) is 5.82 Å². The van der Waals surface area contributed by atoms with E-state index in [1.807, 2.05) is 0 Å². The first-order valence-corrected chi connectivity index (χ1v) is 6.82. The fourth-order valence-electron chi connectivity index (χ4n) is 1.39. The van der Waals surface area contributed by atoms with Crippen LogP contribution in [-0.2, 0) is 4.74 Å². The minimum absolute atomic E-state index is 0.646. The molecule has 0 aromatic carbocycles. The van der Waals surface area contributed by atoms with Gasteiger partial charge in [-0.1, -0.05) is 13.3 Å². The zero-order valence-electron chi connectivity index (χ0n) is 9.74. The Kier molecular flexibility index (Phi) is 4.54. The molecular formula is C11H19N3OS. The van der Waals surface area contributed by atoms with Crippen molar-refractivity contribution < 1.29 is 4.74 Å². The minimum Gasteiger partial charge on any atom is -0.380 e. The highest BCUT2D eigenvalue weighted by atomic mass is 32.1. The van der Waals surface area contributed by atoms with Crippen LogP contribution in [-0.4, -0.2) is 29.1 Å². The average molecular weight is 241 g/mol. The predicted octanol–water partition coefficient (Wildman–Crippen LogP) is 2.64. The van der Waals surface area contributed by atoms with Gasteiger partial charge < -0.3 is 10.1 Å².